The molecule has 0 aromatic carbocycles. The number of anilines is 1. The number of aromatic nitrogens is 1. The quantitative estimate of drug-likeness (QED) is 0.318. The predicted octanol–water partition coefficient (Wildman–Crippen LogP) is 3.39. The number of piperidine rings is 1. The number of likely N-dealkylation sites (tertiary alicyclic amines) is 1. The highest BCUT2D eigenvalue weighted by Crippen LogP contribution is 2.35. The van der Waals surface area contributed by atoms with E-state index in [0.29, 0.717) is 5.54 Å². The number of hydrogen-bond donors (Lipinski definition) is 2. The molecule has 0 bridgehead atoms. The largest absolute Gasteiger partial charge is 0.378 e. The summed E-state index contributed by atoms with van der Waals surface area (Å²) in [6.45, 7) is 7.55. The molecule has 2 saturated heterocycles. The van der Waals surface area contributed by atoms with Gasteiger partial charge in [-0.2, -0.15) is 0 Å². The first-order chi connectivity index (χ1) is 15.3. The second-order valence-electron chi connectivity index (χ2n) is 9.20. The lowest BCUT2D eigenvalue weighted by Gasteiger charge is -2.48. The van der Waals surface area contributed by atoms with E-state index in [1.807, 2.05) is 19.3 Å². The number of pyridine rings is 1. The molecule has 1 aromatic heterocycles. The molecular formula is C24H41IN6O. The number of halogens is 1. The van der Waals surface area contributed by atoms with Gasteiger partial charge in [-0.05, 0) is 44.8 Å². The van der Waals surface area contributed by atoms with Crippen molar-refractivity contribution in [2.24, 2.45) is 4.99 Å². The van der Waals surface area contributed by atoms with Crippen LogP contribution in [-0.2, 0) is 11.3 Å². The van der Waals surface area contributed by atoms with Gasteiger partial charge in [0.15, 0.2) is 5.96 Å². The summed E-state index contributed by atoms with van der Waals surface area (Å²) in [5, 5.41) is 7.24. The number of rotatable bonds is 6. The fourth-order valence-electron chi connectivity index (χ4n) is 5.46. The lowest BCUT2D eigenvalue weighted by atomic mass is 9.79. The Balaban J connectivity index is 0.00000289. The molecule has 7 nitrogen and oxygen atoms in total. The smallest absolute Gasteiger partial charge is 0.191 e. The number of ether oxygens (including phenoxy) is 1. The molecular weight excluding hydrogens is 515 g/mol. The lowest BCUT2D eigenvalue weighted by Crippen LogP contribution is -2.59. The zero-order chi connectivity index (χ0) is 21.4. The van der Waals surface area contributed by atoms with E-state index in [9.17, 15) is 0 Å². The Morgan fingerprint density at radius 3 is 2.47 bits per heavy atom. The van der Waals surface area contributed by atoms with Gasteiger partial charge >= 0.3 is 0 Å². The molecule has 0 atom stereocenters. The molecule has 4 rings (SSSR count). The zero-order valence-electron chi connectivity index (χ0n) is 19.7. The van der Waals surface area contributed by atoms with E-state index in [1.165, 1.54) is 70.0 Å². The summed E-state index contributed by atoms with van der Waals surface area (Å²) in [6, 6.07) is 4.18. The number of aliphatic imine (C=N–C) groups is 1. The Kier molecular flexibility index (Phi) is 10.3. The minimum Gasteiger partial charge on any atom is -0.378 e. The minimum atomic E-state index is 0. The van der Waals surface area contributed by atoms with Gasteiger partial charge < -0.3 is 20.3 Å². The number of morpholine rings is 1. The van der Waals surface area contributed by atoms with Crippen LogP contribution in [0, 0.1) is 0 Å². The minimum absolute atomic E-state index is 0. The predicted molar refractivity (Wildman–Crippen MR) is 142 cm³/mol. The first-order valence-electron chi connectivity index (χ1n) is 12.3. The summed E-state index contributed by atoms with van der Waals surface area (Å²) in [5.74, 6) is 1.95. The van der Waals surface area contributed by atoms with Crippen molar-refractivity contribution in [3.8, 4) is 0 Å². The topological polar surface area (TPSA) is 65.0 Å². The summed E-state index contributed by atoms with van der Waals surface area (Å²) >= 11 is 0. The molecule has 180 valence electrons. The third kappa shape index (κ3) is 6.47. The normalized spacial score (nSPS) is 22.2. The Hall–Kier alpha value is -1.13. The fourth-order valence-corrected chi connectivity index (χ4v) is 5.46. The van der Waals surface area contributed by atoms with Crippen LogP contribution in [0.25, 0.3) is 0 Å². The standard InChI is InChI=1S/C24H40N6O.HI/c1-25-23(27-19-21-9-8-12-26-22(21)29-15-17-31-18-16-29)28-20-24(10-4-2-5-11-24)30-13-6-3-7-14-30;/h8-9,12H,2-7,10-11,13-20H2,1H3,(H2,25,27,28);1H. The van der Waals surface area contributed by atoms with E-state index < -0.39 is 0 Å². The Bertz CT molecular complexity index is 712. The van der Waals surface area contributed by atoms with Crippen molar-refractivity contribution in [3.05, 3.63) is 23.9 Å². The summed E-state index contributed by atoms with van der Waals surface area (Å²) in [6.07, 6.45) is 12.7. The number of nitrogens with zero attached hydrogens (tertiary/aromatic N) is 4. The molecule has 32 heavy (non-hydrogen) atoms. The van der Waals surface area contributed by atoms with Crippen LogP contribution >= 0.6 is 24.0 Å². The molecule has 0 spiro atoms. The van der Waals surface area contributed by atoms with Crippen LogP contribution in [0.3, 0.4) is 0 Å². The number of nitrogens with one attached hydrogen (secondary N) is 2. The maximum Gasteiger partial charge on any atom is 0.191 e. The number of guanidine groups is 1. The molecule has 1 aliphatic carbocycles. The van der Waals surface area contributed by atoms with Gasteiger partial charge in [0.1, 0.15) is 5.82 Å². The van der Waals surface area contributed by atoms with E-state index in [0.717, 1.165) is 51.2 Å². The van der Waals surface area contributed by atoms with Gasteiger partial charge in [-0.25, -0.2) is 4.98 Å². The van der Waals surface area contributed by atoms with Crippen molar-refractivity contribution in [3.63, 3.8) is 0 Å². The van der Waals surface area contributed by atoms with Crippen molar-refractivity contribution in [2.75, 3.05) is 57.9 Å². The summed E-state index contributed by atoms with van der Waals surface area (Å²) in [5.41, 5.74) is 1.50. The van der Waals surface area contributed by atoms with E-state index in [1.54, 1.807) is 0 Å². The lowest BCUT2D eigenvalue weighted by molar-refractivity contribution is 0.0368. The zero-order valence-corrected chi connectivity index (χ0v) is 22.0. The van der Waals surface area contributed by atoms with Gasteiger partial charge in [-0.15, -0.1) is 24.0 Å². The molecule has 3 aliphatic rings. The molecule has 3 fully saturated rings. The van der Waals surface area contributed by atoms with Crippen LogP contribution in [-0.4, -0.2) is 74.4 Å². The highest BCUT2D eigenvalue weighted by molar-refractivity contribution is 14.0. The monoisotopic (exact) mass is 556 g/mol. The second kappa shape index (κ2) is 12.9. The Morgan fingerprint density at radius 2 is 1.75 bits per heavy atom. The Labute approximate surface area is 210 Å². The van der Waals surface area contributed by atoms with Crippen LogP contribution in [0.2, 0.25) is 0 Å². The Morgan fingerprint density at radius 1 is 1.03 bits per heavy atom. The molecule has 0 radical (unpaired) electrons. The highest BCUT2D eigenvalue weighted by atomic mass is 127. The highest BCUT2D eigenvalue weighted by Gasteiger charge is 2.38. The maximum atomic E-state index is 5.51. The number of hydrogen-bond acceptors (Lipinski definition) is 5. The van der Waals surface area contributed by atoms with Gasteiger partial charge in [-0.3, -0.25) is 9.89 Å². The van der Waals surface area contributed by atoms with E-state index in [2.05, 4.69) is 36.5 Å². The third-order valence-corrected chi connectivity index (χ3v) is 7.24. The van der Waals surface area contributed by atoms with Gasteiger partial charge in [0.05, 0.1) is 13.2 Å². The van der Waals surface area contributed by atoms with E-state index in [-0.39, 0.29) is 24.0 Å². The fraction of sp³-hybridized carbons (Fsp3) is 0.750. The third-order valence-electron chi connectivity index (χ3n) is 7.24. The summed E-state index contributed by atoms with van der Waals surface area (Å²) in [7, 11) is 1.87. The van der Waals surface area contributed by atoms with Gasteiger partial charge in [0.25, 0.3) is 0 Å². The average Bonchev–Trinajstić information content (AvgIpc) is 2.86. The van der Waals surface area contributed by atoms with E-state index >= 15 is 0 Å². The second-order valence-corrected chi connectivity index (χ2v) is 9.20. The average molecular weight is 557 g/mol. The van der Waals surface area contributed by atoms with Gasteiger partial charge in [0.2, 0.25) is 0 Å². The van der Waals surface area contributed by atoms with Crippen molar-refractivity contribution in [1.82, 2.24) is 20.5 Å². The molecule has 8 heteroatoms. The van der Waals surface area contributed by atoms with E-state index in [4.69, 9.17) is 4.74 Å². The SMILES string of the molecule is CN=C(NCc1cccnc1N1CCOCC1)NCC1(N2CCCCC2)CCCCC1.I. The first-order valence-corrected chi connectivity index (χ1v) is 12.3. The van der Waals surface area contributed by atoms with Crippen LogP contribution in [0.1, 0.15) is 56.9 Å². The van der Waals surface area contributed by atoms with Crippen LogP contribution in [0.15, 0.2) is 23.3 Å². The van der Waals surface area contributed by atoms with Gasteiger partial charge in [-0.1, -0.05) is 31.7 Å². The maximum absolute atomic E-state index is 5.51. The van der Waals surface area contributed by atoms with Gasteiger partial charge in [0, 0.05) is 50.5 Å². The van der Waals surface area contributed by atoms with Crippen LogP contribution < -0.4 is 15.5 Å². The van der Waals surface area contributed by atoms with Crippen LogP contribution in [0.4, 0.5) is 5.82 Å². The van der Waals surface area contributed by atoms with Crippen molar-refractivity contribution < 1.29 is 4.74 Å². The molecule has 0 unspecified atom stereocenters. The molecule has 2 N–H and O–H groups in total. The van der Waals surface area contributed by atoms with Crippen molar-refractivity contribution >= 4 is 35.8 Å². The summed E-state index contributed by atoms with van der Waals surface area (Å²) < 4.78 is 5.51. The summed E-state index contributed by atoms with van der Waals surface area (Å²) in [4.78, 5) is 14.3. The molecule has 1 saturated carbocycles. The molecule has 1 aromatic rings. The molecule has 2 aliphatic heterocycles. The van der Waals surface area contributed by atoms with Crippen molar-refractivity contribution in [2.45, 2.75) is 63.5 Å². The van der Waals surface area contributed by atoms with Crippen LogP contribution in [0.5, 0.6) is 0 Å². The van der Waals surface area contributed by atoms with Crippen molar-refractivity contribution in [1.29, 1.82) is 0 Å². The first kappa shape index (κ1) is 25.5. The molecule has 0 amide bonds. The molecule has 3 heterocycles.